The molecule has 0 spiro atoms. The Labute approximate surface area is 140 Å². The molecule has 1 fully saturated rings. The van der Waals surface area contributed by atoms with Crippen LogP contribution in [0.3, 0.4) is 0 Å². The zero-order valence-electron chi connectivity index (χ0n) is 12.9. The largest absolute Gasteiger partial charge is 0.381 e. The van der Waals surface area contributed by atoms with E-state index in [-0.39, 0.29) is 11.9 Å². The van der Waals surface area contributed by atoms with Crippen molar-refractivity contribution in [1.29, 1.82) is 0 Å². The number of pyridine rings is 1. The van der Waals surface area contributed by atoms with Gasteiger partial charge in [-0.15, -0.1) is 11.3 Å². The summed E-state index contributed by atoms with van der Waals surface area (Å²) in [6.45, 7) is 1.50. The Morgan fingerprint density at radius 2 is 2.22 bits per heavy atom. The van der Waals surface area contributed by atoms with Crippen molar-refractivity contribution in [3.63, 3.8) is 0 Å². The summed E-state index contributed by atoms with van der Waals surface area (Å²) in [4.78, 5) is 17.6. The lowest BCUT2D eigenvalue weighted by Crippen LogP contribution is -2.35. The number of amides is 1. The standard InChI is InChI=1S/C18H20N2O2S/c21-17(6-5-16-4-2-12-23-16)20-18(14-7-10-22-11-8-14)15-3-1-9-19-13-15/h1-6,9,12-14,18H,7-8,10-11H2,(H,20,21). The van der Waals surface area contributed by atoms with Crippen LogP contribution in [0, 0.1) is 5.92 Å². The Bertz CT molecular complexity index is 634. The molecule has 1 aliphatic rings. The summed E-state index contributed by atoms with van der Waals surface area (Å²) in [6, 6.07) is 7.88. The Hall–Kier alpha value is -1.98. The van der Waals surface area contributed by atoms with Crippen LogP contribution in [0.4, 0.5) is 0 Å². The highest BCUT2D eigenvalue weighted by Gasteiger charge is 2.26. The second-order valence-corrected chi connectivity index (χ2v) is 6.55. The minimum Gasteiger partial charge on any atom is -0.381 e. The highest BCUT2D eigenvalue weighted by Crippen LogP contribution is 2.29. The fourth-order valence-electron chi connectivity index (χ4n) is 2.83. The minimum absolute atomic E-state index is 0.0203. The topological polar surface area (TPSA) is 51.2 Å². The van der Waals surface area contributed by atoms with Crippen LogP contribution in [-0.2, 0) is 9.53 Å². The van der Waals surface area contributed by atoms with Crippen molar-refractivity contribution in [1.82, 2.24) is 10.3 Å². The van der Waals surface area contributed by atoms with Crippen molar-refractivity contribution in [2.75, 3.05) is 13.2 Å². The molecule has 0 aliphatic carbocycles. The zero-order valence-corrected chi connectivity index (χ0v) is 13.7. The normalized spacial score (nSPS) is 17.2. The monoisotopic (exact) mass is 328 g/mol. The number of aromatic nitrogens is 1. The van der Waals surface area contributed by atoms with Crippen molar-refractivity contribution in [2.45, 2.75) is 18.9 Å². The van der Waals surface area contributed by atoms with Gasteiger partial charge in [-0.25, -0.2) is 0 Å². The average molecular weight is 328 g/mol. The fourth-order valence-corrected chi connectivity index (χ4v) is 3.45. The molecule has 5 heteroatoms. The maximum absolute atomic E-state index is 12.3. The first-order valence-electron chi connectivity index (χ1n) is 7.82. The van der Waals surface area contributed by atoms with Gasteiger partial charge in [0.2, 0.25) is 5.91 Å². The number of rotatable bonds is 5. The molecule has 120 valence electrons. The van der Waals surface area contributed by atoms with Crippen LogP contribution in [0.5, 0.6) is 0 Å². The second kappa shape index (κ2) is 8.04. The van der Waals surface area contributed by atoms with E-state index in [1.165, 1.54) is 0 Å². The molecule has 0 radical (unpaired) electrons. The van der Waals surface area contributed by atoms with Crippen molar-refractivity contribution in [3.8, 4) is 0 Å². The van der Waals surface area contributed by atoms with Crippen molar-refractivity contribution < 1.29 is 9.53 Å². The van der Waals surface area contributed by atoms with E-state index < -0.39 is 0 Å². The summed E-state index contributed by atoms with van der Waals surface area (Å²) in [5.74, 6) is 0.311. The average Bonchev–Trinajstić information content (AvgIpc) is 3.13. The Balaban J connectivity index is 1.71. The molecule has 1 unspecified atom stereocenters. The van der Waals surface area contributed by atoms with Gasteiger partial charge in [-0.05, 0) is 47.9 Å². The molecular weight excluding hydrogens is 308 g/mol. The van der Waals surface area contributed by atoms with Gasteiger partial charge in [0.15, 0.2) is 0 Å². The van der Waals surface area contributed by atoms with E-state index in [0.717, 1.165) is 36.5 Å². The van der Waals surface area contributed by atoms with Crippen molar-refractivity contribution in [3.05, 3.63) is 58.6 Å². The highest BCUT2D eigenvalue weighted by molar-refractivity contribution is 7.10. The van der Waals surface area contributed by atoms with Crippen LogP contribution >= 0.6 is 11.3 Å². The molecule has 1 atom stereocenters. The SMILES string of the molecule is O=C(C=Cc1cccs1)NC(c1cccnc1)C1CCOCC1. The molecule has 2 aromatic rings. The molecule has 4 nitrogen and oxygen atoms in total. The van der Waals surface area contributed by atoms with Gasteiger partial charge in [0, 0.05) is 36.6 Å². The minimum atomic E-state index is -0.0706. The molecule has 1 aliphatic heterocycles. The zero-order chi connectivity index (χ0) is 15.9. The van der Waals surface area contributed by atoms with E-state index in [2.05, 4.69) is 10.3 Å². The third-order valence-corrected chi connectivity index (χ3v) is 4.86. The number of ether oxygens (including phenoxy) is 1. The number of carbonyl (C=O) groups is 1. The van der Waals surface area contributed by atoms with Crippen molar-refractivity contribution >= 4 is 23.3 Å². The predicted octanol–water partition coefficient (Wildman–Crippen LogP) is 3.44. The van der Waals surface area contributed by atoms with Crippen LogP contribution in [0.2, 0.25) is 0 Å². The van der Waals surface area contributed by atoms with Gasteiger partial charge >= 0.3 is 0 Å². The second-order valence-electron chi connectivity index (χ2n) is 5.57. The van der Waals surface area contributed by atoms with E-state index in [0.29, 0.717) is 5.92 Å². The first-order chi connectivity index (χ1) is 11.3. The number of nitrogens with one attached hydrogen (secondary N) is 1. The third-order valence-electron chi connectivity index (χ3n) is 4.02. The third kappa shape index (κ3) is 4.50. The van der Waals surface area contributed by atoms with Gasteiger partial charge in [-0.2, -0.15) is 0 Å². The van der Waals surface area contributed by atoms with Crippen LogP contribution in [0.15, 0.2) is 48.1 Å². The molecule has 3 heterocycles. The molecule has 2 aromatic heterocycles. The Morgan fingerprint density at radius 1 is 1.35 bits per heavy atom. The van der Waals surface area contributed by atoms with Gasteiger partial charge < -0.3 is 10.1 Å². The molecule has 23 heavy (non-hydrogen) atoms. The summed E-state index contributed by atoms with van der Waals surface area (Å²) in [6.07, 6.45) is 8.95. The molecular formula is C18H20N2O2S. The molecule has 1 N–H and O–H groups in total. The molecule has 0 bridgehead atoms. The van der Waals surface area contributed by atoms with Gasteiger partial charge in [0.05, 0.1) is 6.04 Å². The van der Waals surface area contributed by atoms with Crippen LogP contribution in [0.1, 0.15) is 29.3 Å². The van der Waals surface area contributed by atoms with Crippen LogP contribution in [0.25, 0.3) is 6.08 Å². The molecule has 1 saturated heterocycles. The number of hydrogen-bond acceptors (Lipinski definition) is 4. The Kier molecular flexibility index (Phi) is 5.56. The lowest BCUT2D eigenvalue weighted by atomic mass is 9.87. The number of hydrogen-bond donors (Lipinski definition) is 1. The van der Waals surface area contributed by atoms with Gasteiger partial charge in [0.1, 0.15) is 0 Å². The van der Waals surface area contributed by atoms with Crippen LogP contribution in [-0.4, -0.2) is 24.1 Å². The lowest BCUT2D eigenvalue weighted by Gasteiger charge is -2.30. The van der Waals surface area contributed by atoms with E-state index in [1.807, 2.05) is 41.9 Å². The smallest absolute Gasteiger partial charge is 0.244 e. The van der Waals surface area contributed by atoms with E-state index in [9.17, 15) is 4.79 Å². The summed E-state index contributed by atoms with van der Waals surface area (Å²) in [7, 11) is 0. The highest BCUT2D eigenvalue weighted by atomic mass is 32.1. The van der Waals surface area contributed by atoms with Gasteiger partial charge in [0.25, 0.3) is 0 Å². The Morgan fingerprint density at radius 3 is 2.91 bits per heavy atom. The first-order valence-corrected chi connectivity index (χ1v) is 8.70. The van der Waals surface area contributed by atoms with Crippen LogP contribution < -0.4 is 5.32 Å². The molecule has 1 amide bonds. The number of nitrogens with zero attached hydrogens (tertiary/aromatic N) is 1. The number of thiophene rings is 1. The van der Waals surface area contributed by atoms with Crippen molar-refractivity contribution in [2.24, 2.45) is 5.92 Å². The maximum atomic E-state index is 12.3. The maximum Gasteiger partial charge on any atom is 0.244 e. The molecule has 0 aromatic carbocycles. The predicted molar refractivity (Wildman–Crippen MR) is 92.0 cm³/mol. The summed E-state index contributed by atoms with van der Waals surface area (Å²) in [5.41, 5.74) is 1.05. The fraction of sp³-hybridized carbons (Fsp3) is 0.333. The quantitative estimate of drug-likeness (QED) is 0.856. The first kappa shape index (κ1) is 15.9. The lowest BCUT2D eigenvalue weighted by molar-refractivity contribution is -0.117. The number of carbonyl (C=O) groups excluding carboxylic acids is 1. The summed E-state index contributed by atoms with van der Waals surface area (Å²) >= 11 is 1.61. The van der Waals surface area contributed by atoms with E-state index >= 15 is 0 Å². The summed E-state index contributed by atoms with van der Waals surface area (Å²) in [5, 5.41) is 5.15. The van der Waals surface area contributed by atoms with Gasteiger partial charge in [-0.1, -0.05) is 12.1 Å². The summed E-state index contributed by atoms with van der Waals surface area (Å²) < 4.78 is 5.45. The molecule has 3 rings (SSSR count). The van der Waals surface area contributed by atoms with E-state index in [1.54, 1.807) is 23.6 Å². The van der Waals surface area contributed by atoms with Gasteiger partial charge in [-0.3, -0.25) is 9.78 Å². The molecule has 0 saturated carbocycles. The van der Waals surface area contributed by atoms with E-state index in [4.69, 9.17) is 4.74 Å².